The summed E-state index contributed by atoms with van der Waals surface area (Å²) in [6.45, 7) is 1.26. The van der Waals surface area contributed by atoms with Crippen LogP contribution in [-0.2, 0) is 26.7 Å². The van der Waals surface area contributed by atoms with Crippen LogP contribution in [0, 0.1) is 12.1 Å². The Labute approximate surface area is 102 Å². The van der Waals surface area contributed by atoms with E-state index in [-0.39, 0.29) is 18.6 Å². The van der Waals surface area contributed by atoms with Crippen molar-refractivity contribution in [2.45, 2.75) is 19.3 Å². The Morgan fingerprint density at radius 3 is 2.50 bits per heavy atom. The Hall–Kier alpha value is -2.16. The molecule has 0 amide bonds. The first kappa shape index (κ1) is 13.9. The van der Waals surface area contributed by atoms with Crippen molar-refractivity contribution < 1.29 is 28.2 Å². The SMILES string of the molecule is CCOC(=O)C(F)(F)c1c#cc(CC(=O)O)cc1. The molecule has 4 nitrogen and oxygen atoms in total. The molecular weight excluding hydrogens is 246 g/mol. The van der Waals surface area contributed by atoms with E-state index in [2.05, 4.69) is 16.9 Å². The van der Waals surface area contributed by atoms with Gasteiger partial charge in [0.15, 0.2) is 0 Å². The fraction of sp³-hybridized carbons (Fsp3) is 0.333. The van der Waals surface area contributed by atoms with Crippen LogP contribution in [0.2, 0.25) is 0 Å². The molecule has 0 spiro atoms. The lowest BCUT2D eigenvalue weighted by molar-refractivity contribution is -0.173. The van der Waals surface area contributed by atoms with Gasteiger partial charge in [-0.05, 0) is 19.1 Å². The fourth-order valence-electron chi connectivity index (χ4n) is 1.20. The van der Waals surface area contributed by atoms with Gasteiger partial charge in [-0.15, -0.1) is 0 Å². The van der Waals surface area contributed by atoms with Gasteiger partial charge in [0.2, 0.25) is 0 Å². The molecule has 0 radical (unpaired) electrons. The molecule has 0 unspecified atom stereocenters. The molecule has 0 aliphatic carbocycles. The van der Waals surface area contributed by atoms with Crippen LogP contribution in [0.4, 0.5) is 8.78 Å². The Morgan fingerprint density at radius 1 is 1.39 bits per heavy atom. The third-order valence-electron chi connectivity index (χ3n) is 2.02. The standard InChI is InChI=1S/C12H10F2O4/c1-2-18-11(17)12(13,14)9-5-3-8(4-6-9)7-10(15)16/h3,5H,2,7H2,1H3,(H,15,16). The van der Waals surface area contributed by atoms with E-state index in [9.17, 15) is 18.4 Å². The van der Waals surface area contributed by atoms with Gasteiger partial charge in [0.25, 0.3) is 0 Å². The number of carboxylic acid groups (broad SMARTS) is 1. The summed E-state index contributed by atoms with van der Waals surface area (Å²) in [5, 5.41) is 8.50. The normalized spacial score (nSPS) is 10.6. The summed E-state index contributed by atoms with van der Waals surface area (Å²) in [4.78, 5) is 21.4. The zero-order chi connectivity index (χ0) is 13.8. The van der Waals surface area contributed by atoms with E-state index in [0.29, 0.717) is 0 Å². The Balaban J connectivity index is 2.90. The molecule has 1 rings (SSSR count). The van der Waals surface area contributed by atoms with E-state index in [1.165, 1.54) is 6.92 Å². The molecule has 1 N–H and O–H groups in total. The molecule has 1 aromatic rings. The highest BCUT2D eigenvalue weighted by Gasteiger charge is 2.43. The van der Waals surface area contributed by atoms with E-state index in [0.717, 1.165) is 12.1 Å². The summed E-state index contributed by atoms with van der Waals surface area (Å²) in [5.74, 6) is -6.58. The van der Waals surface area contributed by atoms with Gasteiger partial charge < -0.3 is 9.84 Å². The minimum Gasteiger partial charge on any atom is -0.481 e. The lowest BCUT2D eigenvalue weighted by atomic mass is 10.1. The Kier molecular flexibility index (Phi) is 4.21. The van der Waals surface area contributed by atoms with E-state index < -0.39 is 23.4 Å². The number of hydrogen-bond donors (Lipinski definition) is 1. The second-order valence-corrected chi connectivity index (χ2v) is 3.39. The number of halogens is 2. The van der Waals surface area contributed by atoms with Gasteiger partial charge in [0.1, 0.15) is 0 Å². The van der Waals surface area contributed by atoms with Gasteiger partial charge in [0, 0.05) is 5.56 Å². The number of hydrogen-bond acceptors (Lipinski definition) is 3. The summed E-state index contributed by atoms with van der Waals surface area (Å²) in [7, 11) is 0. The predicted molar refractivity (Wildman–Crippen MR) is 56.0 cm³/mol. The molecule has 0 saturated carbocycles. The molecule has 0 bridgehead atoms. The van der Waals surface area contributed by atoms with E-state index >= 15 is 0 Å². The molecule has 96 valence electrons. The van der Waals surface area contributed by atoms with E-state index in [1.54, 1.807) is 0 Å². The van der Waals surface area contributed by atoms with E-state index in [4.69, 9.17) is 5.11 Å². The van der Waals surface area contributed by atoms with Crippen molar-refractivity contribution in [3.8, 4) is 0 Å². The molecule has 0 heterocycles. The minimum atomic E-state index is -3.81. The van der Waals surface area contributed by atoms with Crippen molar-refractivity contribution in [1.82, 2.24) is 0 Å². The van der Waals surface area contributed by atoms with Crippen molar-refractivity contribution in [1.29, 1.82) is 0 Å². The third-order valence-corrected chi connectivity index (χ3v) is 2.02. The highest BCUT2D eigenvalue weighted by atomic mass is 19.3. The third kappa shape index (κ3) is 3.17. The number of alkyl halides is 2. The van der Waals surface area contributed by atoms with Crippen molar-refractivity contribution in [3.63, 3.8) is 0 Å². The van der Waals surface area contributed by atoms with Crippen LogP contribution >= 0.6 is 0 Å². The molecule has 6 heteroatoms. The first-order chi connectivity index (χ1) is 8.37. The molecule has 0 fully saturated rings. The first-order valence-electron chi connectivity index (χ1n) is 5.08. The van der Waals surface area contributed by atoms with Gasteiger partial charge in [-0.25, -0.2) is 4.79 Å². The van der Waals surface area contributed by atoms with E-state index in [1.807, 2.05) is 0 Å². The first-order valence-corrected chi connectivity index (χ1v) is 5.08. The van der Waals surface area contributed by atoms with Crippen LogP contribution in [0.5, 0.6) is 0 Å². The van der Waals surface area contributed by atoms with Crippen molar-refractivity contribution in [2.24, 2.45) is 0 Å². The van der Waals surface area contributed by atoms with Gasteiger partial charge >= 0.3 is 17.9 Å². The maximum absolute atomic E-state index is 13.5. The van der Waals surface area contributed by atoms with Gasteiger partial charge in [-0.3, -0.25) is 4.79 Å². The van der Waals surface area contributed by atoms with Crippen LogP contribution in [0.15, 0.2) is 12.1 Å². The minimum absolute atomic E-state index is 0.158. The summed E-state index contributed by atoms with van der Waals surface area (Å²) >= 11 is 0. The molecule has 1 aromatic carbocycles. The van der Waals surface area contributed by atoms with Gasteiger partial charge in [-0.2, -0.15) is 8.78 Å². The van der Waals surface area contributed by atoms with Crippen LogP contribution in [0.25, 0.3) is 0 Å². The smallest absolute Gasteiger partial charge is 0.382 e. The predicted octanol–water partition coefficient (Wildman–Crippen LogP) is 1.57. The molecule has 18 heavy (non-hydrogen) atoms. The highest BCUT2D eigenvalue weighted by molar-refractivity contribution is 5.79. The quantitative estimate of drug-likeness (QED) is 0.812. The fourth-order valence-corrected chi connectivity index (χ4v) is 1.20. The number of rotatable bonds is 5. The number of carboxylic acids is 1. The second kappa shape index (κ2) is 5.45. The average Bonchev–Trinajstić information content (AvgIpc) is 2.29. The zero-order valence-corrected chi connectivity index (χ0v) is 9.50. The highest BCUT2D eigenvalue weighted by Crippen LogP contribution is 2.28. The molecule has 0 aliphatic heterocycles. The second-order valence-electron chi connectivity index (χ2n) is 3.39. The molecule has 0 aromatic heterocycles. The summed E-state index contributed by atoms with van der Waals surface area (Å²) in [5.41, 5.74) is -0.499. The number of ether oxygens (including phenoxy) is 1. The lowest BCUT2D eigenvalue weighted by Gasteiger charge is -2.12. The van der Waals surface area contributed by atoms with Crippen LogP contribution in [0.1, 0.15) is 18.1 Å². The lowest BCUT2D eigenvalue weighted by Crippen LogP contribution is -2.28. The topological polar surface area (TPSA) is 63.6 Å². The monoisotopic (exact) mass is 256 g/mol. The number of carbonyl (C=O) groups is 2. The zero-order valence-electron chi connectivity index (χ0n) is 9.50. The summed E-state index contributed by atoms with van der Waals surface area (Å²) in [6, 6.07) is 6.46. The van der Waals surface area contributed by atoms with Crippen molar-refractivity contribution in [2.75, 3.05) is 6.61 Å². The van der Waals surface area contributed by atoms with Gasteiger partial charge in [0.05, 0.1) is 18.6 Å². The van der Waals surface area contributed by atoms with Gasteiger partial charge in [-0.1, -0.05) is 12.1 Å². The van der Waals surface area contributed by atoms with Crippen LogP contribution < -0.4 is 0 Å². The average molecular weight is 256 g/mol. The molecule has 0 atom stereocenters. The molecule has 0 aliphatic rings. The molecular formula is C12H10F2O4. The number of carbonyl (C=O) groups excluding carboxylic acids is 1. The van der Waals surface area contributed by atoms with Crippen LogP contribution in [-0.4, -0.2) is 23.7 Å². The number of aliphatic carboxylic acids is 1. The largest absolute Gasteiger partial charge is 0.481 e. The summed E-state index contributed by atoms with van der Waals surface area (Å²) in [6.07, 6.45) is -0.345. The van der Waals surface area contributed by atoms with Crippen molar-refractivity contribution in [3.05, 3.63) is 35.4 Å². The Bertz CT molecular complexity index is 440. The summed E-state index contributed by atoms with van der Waals surface area (Å²) < 4.78 is 31.2. The number of esters is 1. The Morgan fingerprint density at radius 2 is 2.06 bits per heavy atom. The maximum atomic E-state index is 13.5. The molecule has 0 saturated heterocycles. The maximum Gasteiger partial charge on any atom is 0.382 e. The van der Waals surface area contributed by atoms with Crippen LogP contribution in [0.3, 0.4) is 0 Å². The van der Waals surface area contributed by atoms with Crippen molar-refractivity contribution >= 4 is 11.9 Å².